The molecule has 78 valence electrons. The summed E-state index contributed by atoms with van der Waals surface area (Å²) in [5.41, 5.74) is 1.08. The summed E-state index contributed by atoms with van der Waals surface area (Å²) in [5.74, 6) is -0.656. The van der Waals surface area contributed by atoms with Gasteiger partial charge in [0.05, 0.1) is 24.5 Å². The van der Waals surface area contributed by atoms with E-state index in [9.17, 15) is 14.0 Å². The number of amides is 1. The van der Waals surface area contributed by atoms with E-state index < -0.39 is 5.82 Å². The lowest BCUT2D eigenvalue weighted by atomic mass is 10.2. The first-order valence-corrected chi connectivity index (χ1v) is 4.48. The number of benzene rings is 1. The molecule has 0 saturated carbocycles. The number of nitrogens with zero attached hydrogens (tertiary/aromatic N) is 1. The van der Waals surface area contributed by atoms with Crippen LogP contribution in [0.3, 0.4) is 0 Å². The predicted molar refractivity (Wildman–Crippen MR) is 53.3 cm³/mol. The van der Waals surface area contributed by atoms with E-state index in [1.54, 1.807) is 11.0 Å². The number of carbonyl (C=O) groups is 2. The highest BCUT2D eigenvalue weighted by atomic mass is 19.1. The number of carbonyl (C=O) groups excluding carboxylic acids is 2. The number of fused-ring (bicyclic) bond motifs is 1. The van der Waals surface area contributed by atoms with Crippen molar-refractivity contribution >= 4 is 23.6 Å². The quantitative estimate of drug-likeness (QED) is 0.731. The van der Waals surface area contributed by atoms with Gasteiger partial charge in [-0.2, -0.15) is 0 Å². The van der Waals surface area contributed by atoms with Crippen LogP contribution >= 0.6 is 0 Å². The molecular weight excluding hydrogens is 199 g/mol. The summed E-state index contributed by atoms with van der Waals surface area (Å²) < 4.78 is 12.9. The van der Waals surface area contributed by atoms with Crippen LogP contribution in [0, 0.1) is 5.82 Å². The van der Waals surface area contributed by atoms with E-state index in [-0.39, 0.29) is 19.0 Å². The third-order valence-corrected chi connectivity index (χ3v) is 2.20. The van der Waals surface area contributed by atoms with E-state index >= 15 is 0 Å². The van der Waals surface area contributed by atoms with Gasteiger partial charge in [0.25, 0.3) is 0 Å². The number of nitrogens with one attached hydrogen (secondary N) is 1. The molecule has 5 heteroatoms. The third kappa shape index (κ3) is 1.81. The van der Waals surface area contributed by atoms with Crippen LogP contribution in [0.15, 0.2) is 18.2 Å². The molecule has 0 saturated heterocycles. The predicted octanol–water partition coefficient (Wildman–Crippen LogP) is 0.783. The van der Waals surface area contributed by atoms with Gasteiger partial charge in [-0.15, -0.1) is 0 Å². The Kier molecular flexibility index (Phi) is 2.37. The number of hydrogen-bond donors (Lipinski definition) is 1. The second kappa shape index (κ2) is 3.68. The second-order valence-electron chi connectivity index (χ2n) is 3.26. The molecule has 0 bridgehead atoms. The van der Waals surface area contributed by atoms with Crippen molar-refractivity contribution in [1.29, 1.82) is 0 Å². The van der Waals surface area contributed by atoms with Gasteiger partial charge >= 0.3 is 0 Å². The van der Waals surface area contributed by atoms with Crippen LogP contribution in [0.2, 0.25) is 0 Å². The largest absolute Gasteiger partial charge is 0.353 e. The summed E-state index contributed by atoms with van der Waals surface area (Å²) in [6, 6.07) is 4.09. The Balaban J connectivity index is 2.41. The molecule has 0 aromatic heterocycles. The maximum atomic E-state index is 12.9. The van der Waals surface area contributed by atoms with Crippen LogP contribution in [0.5, 0.6) is 0 Å². The van der Waals surface area contributed by atoms with Crippen molar-refractivity contribution in [2.24, 2.45) is 0 Å². The minimum atomic E-state index is -0.415. The number of hydrogen-bond acceptors (Lipinski definition) is 3. The highest BCUT2D eigenvalue weighted by molar-refractivity contribution is 6.01. The topological polar surface area (TPSA) is 49.4 Å². The van der Waals surface area contributed by atoms with Gasteiger partial charge in [0.1, 0.15) is 12.1 Å². The van der Waals surface area contributed by atoms with Crippen LogP contribution in [0.4, 0.5) is 15.8 Å². The standard InChI is InChI=1S/C10H9FN2O2/c11-7-1-2-9-8(5-7)12-10(15)6-13(9)3-4-14/h1-2,4-5H,3,6H2,(H,12,15). The lowest BCUT2D eigenvalue weighted by Crippen LogP contribution is -2.39. The van der Waals surface area contributed by atoms with E-state index in [4.69, 9.17) is 0 Å². The molecule has 0 unspecified atom stereocenters. The second-order valence-corrected chi connectivity index (χ2v) is 3.26. The highest BCUT2D eigenvalue weighted by Gasteiger charge is 2.21. The molecule has 0 radical (unpaired) electrons. The normalized spacial score (nSPS) is 14.5. The maximum Gasteiger partial charge on any atom is 0.243 e. The van der Waals surface area contributed by atoms with Crippen molar-refractivity contribution in [3.05, 3.63) is 24.0 Å². The monoisotopic (exact) mass is 208 g/mol. The van der Waals surface area contributed by atoms with Crippen molar-refractivity contribution < 1.29 is 14.0 Å². The van der Waals surface area contributed by atoms with Crippen molar-refractivity contribution in [3.8, 4) is 0 Å². The molecule has 1 N–H and O–H groups in total. The van der Waals surface area contributed by atoms with Crippen molar-refractivity contribution in [3.63, 3.8) is 0 Å². The summed E-state index contributed by atoms with van der Waals surface area (Å²) in [6.07, 6.45) is 0.714. The van der Waals surface area contributed by atoms with Crippen LogP contribution in [0.1, 0.15) is 0 Å². The van der Waals surface area contributed by atoms with E-state index in [0.717, 1.165) is 0 Å². The Morgan fingerprint density at radius 3 is 3.07 bits per heavy atom. The first-order chi connectivity index (χ1) is 7.20. The highest BCUT2D eigenvalue weighted by Crippen LogP contribution is 2.29. The van der Waals surface area contributed by atoms with Crippen LogP contribution in [0.25, 0.3) is 0 Å². The summed E-state index contributed by atoms with van der Waals surface area (Å²) in [7, 11) is 0. The summed E-state index contributed by atoms with van der Waals surface area (Å²) in [4.78, 5) is 23.2. The van der Waals surface area contributed by atoms with Crippen LogP contribution < -0.4 is 10.2 Å². The van der Waals surface area contributed by atoms with Gasteiger partial charge in [-0.25, -0.2) is 4.39 Å². The molecule has 0 fully saturated rings. The minimum absolute atomic E-state index is 0.122. The summed E-state index contributed by atoms with van der Waals surface area (Å²) >= 11 is 0. The van der Waals surface area contributed by atoms with Gasteiger partial charge in [0.2, 0.25) is 5.91 Å². The van der Waals surface area contributed by atoms with Crippen LogP contribution in [-0.4, -0.2) is 25.3 Å². The molecule has 0 atom stereocenters. The smallest absolute Gasteiger partial charge is 0.243 e. The molecular formula is C10H9FN2O2. The van der Waals surface area contributed by atoms with Gasteiger partial charge in [-0.1, -0.05) is 0 Å². The lowest BCUT2D eigenvalue weighted by Gasteiger charge is -2.29. The zero-order valence-corrected chi connectivity index (χ0v) is 7.87. The molecule has 1 aliphatic heterocycles. The van der Waals surface area contributed by atoms with E-state index in [0.29, 0.717) is 17.7 Å². The summed E-state index contributed by atoms with van der Waals surface area (Å²) in [5, 5.41) is 2.55. The molecule has 0 aliphatic carbocycles. The van der Waals surface area contributed by atoms with Crippen molar-refractivity contribution in [2.45, 2.75) is 0 Å². The Labute approximate surface area is 85.7 Å². The Morgan fingerprint density at radius 2 is 2.33 bits per heavy atom. The van der Waals surface area contributed by atoms with Crippen molar-refractivity contribution in [2.75, 3.05) is 23.3 Å². The van der Waals surface area contributed by atoms with E-state index in [1.165, 1.54) is 12.1 Å². The zero-order chi connectivity index (χ0) is 10.8. The fourth-order valence-electron chi connectivity index (χ4n) is 1.59. The number of halogens is 1. The third-order valence-electron chi connectivity index (χ3n) is 2.20. The minimum Gasteiger partial charge on any atom is -0.353 e. The average molecular weight is 208 g/mol. The molecule has 4 nitrogen and oxygen atoms in total. The first-order valence-electron chi connectivity index (χ1n) is 4.48. The lowest BCUT2D eigenvalue weighted by molar-refractivity contribution is -0.115. The maximum absolute atomic E-state index is 12.9. The fourth-order valence-corrected chi connectivity index (χ4v) is 1.59. The van der Waals surface area contributed by atoms with Crippen LogP contribution in [-0.2, 0) is 9.59 Å². The van der Waals surface area contributed by atoms with Gasteiger partial charge in [0, 0.05) is 0 Å². The molecule has 1 aromatic carbocycles. The van der Waals surface area contributed by atoms with Gasteiger partial charge < -0.3 is 15.0 Å². The Bertz CT molecular complexity index is 420. The van der Waals surface area contributed by atoms with E-state index in [1.807, 2.05) is 0 Å². The summed E-state index contributed by atoms with van der Waals surface area (Å²) in [6.45, 7) is 0.253. The zero-order valence-electron chi connectivity index (χ0n) is 7.87. The molecule has 15 heavy (non-hydrogen) atoms. The first kappa shape index (κ1) is 9.64. The van der Waals surface area contributed by atoms with Crippen molar-refractivity contribution in [1.82, 2.24) is 0 Å². The van der Waals surface area contributed by atoms with E-state index in [2.05, 4.69) is 5.32 Å². The molecule has 2 rings (SSSR count). The molecule has 1 amide bonds. The number of aldehydes is 1. The molecule has 0 spiro atoms. The molecule has 1 aromatic rings. The SMILES string of the molecule is O=CCN1CC(=O)Nc2cc(F)ccc21. The van der Waals surface area contributed by atoms with Gasteiger partial charge in [-0.3, -0.25) is 4.79 Å². The fraction of sp³-hybridized carbons (Fsp3) is 0.200. The Hall–Kier alpha value is -1.91. The molecule has 1 aliphatic rings. The van der Waals surface area contributed by atoms with Gasteiger partial charge in [0.15, 0.2) is 0 Å². The number of rotatable bonds is 2. The number of anilines is 2. The average Bonchev–Trinajstić information content (AvgIpc) is 2.17. The molecule has 1 heterocycles. The van der Waals surface area contributed by atoms with Gasteiger partial charge in [-0.05, 0) is 18.2 Å². The Morgan fingerprint density at radius 1 is 1.53 bits per heavy atom.